The lowest BCUT2D eigenvalue weighted by molar-refractivity contribution is 0.167. The summed E-state index contributed by atoms with van der Waals surface area (Å²) in [5.74, 6) is 0.959. The summed E-state index contributed by atoms with van der Waals surface area (Å²) in [5.41, 5.74) is 1.37. The molecule has 16 heteroatoms. The fraction of sp³-hybridized carbons (Fsp3) is 0.478. The number of halogens is 6. The van der Waals surface area contributed by atoms with Crippen LogP contribution in [-0.4, -0.2) is 68.0 Å². The van der Waals surface area contributed by atoms with E-state index in [4.69, 9.17) is 0 Å². The van der Waals surface area contributed by atoms with E-state index < -0.39 is 23.3 Å². The molecule has 336 valence electrons. The number of fused-ring (bicyclic) bond motifs is 2. The molecule has 4 aromatic heterocycles. The highest BCUT2D eigenvalue weighted by Crippen LogP contribution is 2.34. The molecule has 2 aliphatic heterocycles. The predicted molar refractivity (Wildman–Crippen MR) is 252 cm³/mol. The lowest BCUT2D eigenvalue weighted by atomic mass is 10.00. The van der Waals surface area contributed by atoms with Crippen LogP contribution in [-0.2, 0) is 12.8 Å². The van der Waals surface area contributed by atoms with E-state index in [1.54, 1.807) is 35.3 Å². The smallest absolute Gasteiger partial charge is 0.138 e. The SMILES string of the molecule is CC(C)Cc1cc2c(NC3CCN(C(C)c4cc(F)cc(F)c4)CC3)ncnc2s1.CC(C)Cc1cc2c(NC3CCN(C(C)c4cc(F)cc(F)c4)CC3)ncnc2s1.Cl.Cl. The molecule has 0 aliphatic carbocycles. The molecule has 2 atom stereocenters. The predicted octanol–water partition coefficient (Wildman–Crippen LogP) is 12.5. The van der Waals surface area contributed by atoms with Crippen molar-refractivity contribution in [3.63, 3.8) is 0 Å². The number of hydrogen-bond donors (Lipinski definition) is 2. The molecule has 2 N–H and O–H groups in total. The number of nitrogens with zero attached hydrogens (tertiary/aromatic N) is 6. The van der Waals surface area contributed by atoms with E-state index >= 15 is 0 Å². The quantitative estimate of drug-likeness (QED) is 0.117. The van der Waals surface area contributed by atoms with Crippen LogP contribution in [0.3, 0.4) is 0 Å². The van der Waals surface area contributed by atoms with E-state index in [1.165, 1.54) is 34.0 Å². The molecule has 62 heavy (non-hydrogen) atoms. The van der Waals surface area contributed by atoms with Gasteiger partial charge in [0.05, 0.1) is 10.8 Å². The van der Waals surface area contributed by atoms with Crippen molar-refractivity contribution in [3.8, 4) is 0 Å². The molecule has 6 heterocycles. The molecule has 0 radical (unpaired) electrons. The van der Waals surface area contributed by atoms with Crippen LogP contribution < -0.4 is 10.6 Å². The van der Waals surface area contributed by atoms with Gasteiger partial charge in [0.1, 0.15) is 57.2 Å². The van der Waals surface area contributed by atoms with Crippen LogP contribution in [0.2, 0.25) is 0 Å². The Kier molecular flexibility index (Phi) is 17.8. The average molecular weight is 934 g/mol. The van der Waals surface area contributed by atoms with Crippen molar-refractivity contribution in [1.29, 1.82) is 0 Å². The minimum absolute atomic E-state index is 0. The van der Waals surface area contributed by atoms with Crippen LogP contribution in [0.25, 0.3) is 20.4 Å². The normalized spacial score (nSPS) is 16.5. The van der Waals surface area contributed by atoms with Crippen LogP contribution in [0, 0.1) is 35.1 Å². The first-order chi connectivity index (χ1) is 28.8. The number of rotatable bonds is 12. The lowest BCUT2D eigenvalue weighted by Gasteiger charge is -2.36. The Bertz CT molecular complexity index is 2160. The Morgan fingerprint density at radius 3 is 1.19 bits per heavy atom. The number of thiophene rings is 2. The van der Waals surface area contributed by atoms with Gasteiger partial charge in [-0.15, -0.1) is 47.5 Å². The highest BCUT2D eigenvalue weighted by molar-refractivity contribution is 7.19. The van der Waals surface area contributed by atoms with Gasteiger partial charge in [0.25, 0.3) is 0 Å². The van der Waals surface area contributed by atoms with Gasteiger partial charge >= 0.3 is 0 Å². The number of piperidine rings is 2. The minimum Gasteiger partial charge on any atom is -0.367 e. The fourth-order valence-corrected chi connectivity index (χ4v) is 10.8. The Hall–Kier alpha value is -3.66. The molecule has 0 saturated carbocycles. The average Bonchev–Trinajstić information content (AvgIpc) is 3.81. The second-order valence-corrected chi connectivity index (χ2v) is 19.4. The Labute approximate surface area is 383 Å². The second kappa shape index (κ2) is 22.3. The number of nitrogens with one attached hydrogen (secondary N) is 2. The molecular formula is C46H58Cl2F4N8S2. The minimum atomic E-state index is -0.520. The van der Waals surface area contributed by atoms with E-state index in [9.17, 15) is 17.6 Å². The first kappa shape index (κ1) is 49.4. The monoisotopic (exact) mass is 932 g/mol. The standard InChI is InChI=1S/2C23H28F2N4S.2ClH/c2*1-14(2)8-20-12-21-22(26-13-27-23(21)30-20)28-19-4-6-29(7-5-19)15(3)16-9-17(24)11-18(25)10-16;;/h2*9-15,19H,4-8H2,1-3H3,(H,26,27,28);2*1H. The van der Waals surface area contributed by atoms with Gasteiger partial charge < -0.3 is 10.6 Å². The van der Waals surface area contributed by atoms with Gasteiger partial charge in [-0.2, -0.15) is 0 Å². The van der Waals surface area contributed by atoms with Gasteiger partial charge in [0.15, 0.2) is 0 Å². The Morgan fingerprint density at radius 2 is 0.871 bits per heavy atom. The van der Waals surface area contributed by atoms with Crippen LogP contribution in [0.15, 0.2) is 61.2 Å². The number of aromatic nitrogens is 4. The Balaban J connectivity index is 0.000000227. The van der Waals surface area contributed by atoms with Gasteiger partial charge in [-0.3, -0.25) is 9.80 Å². The van der Waals surface area contributed by atoms with Gasteiger partial charge in [-0.25, -0.2) is 37.5 Å². The molecule has 2 aliphatic rings. The van der Waals surface area contributed by atoms with Crippen LogP contribution >= 0.6 is 47.5 Å². The van der Waals surface area contributed by atoms with E-state index in [1.807, 2.05) is 13.8 Å². The molecule has 8 rings (SSSR count). The zero-order valence-electron chi connectivity index (χ0n) is 36.1. The summed E-state index contributed by atoms with van der Waals surface area (Å²) in [6.45, 7) is 16.4. The van der Waals surface area contributed by atoms with Crippen molar-refractivity contribution in [3.05, 3.63) is 105 Å². The highest BCUT2D eigenvalue weighted by atomic mass is 35.5. The summed E-state index contributed by atoms with van der Waals surface area (Å²) in [7, 11) is 0. The summed E-state index contributed by atoms with van der Waals surface area (Å²) in [6, 6.07) is 12.6. The molecule has 6 aromatic rings. The number of likely N-dealkylation sites (tertiary alicyclic amines) is 2. The number of anilines is 2. The van der Waals surface area contributed by atoms with Gasteiger partial charge in [0, 0.05) is 72.2 Å². The molecule has 2 unspecified atom stereocenters. The van der Waals surface area contributed by atoms with Crippen LogP contribution in [0.5, 0.6) is 0 Å². The number of benzene rings is 2. The van der Waals surface area contributed by atoms with E-state index in [0.717, 1.165) is 109 Å². The van der Waals surface area contributed by atoms with E-state index in [-0.39, 0.29) is 36.9 Å². The van der Waals surface area contributed by atoms with Crippen molar-refractivity contribution in [2.75, 3.05) is 36.8 Å². The fourth-order valence-electron chi connectivity index (χ4n) is 8.35. The summed E-state index contributed by atoms with van der Waals surface area (Å²) in [4.78, 5) is 27.2. The third kappa shape index (κ3) is 12.7. The second-order valence-electron chi connectivity index (χ2n) is 17.2. The van der Waals surface area contributed by atoms with Crippen LogP contribution in [0.4, 0.5) is 29.2 Å². The molecule has 0 spiro atoms. The molecule has 2 fully saturated rings. The summed E-state index contributed by atoms with van der Waals surface area (Å²) in [5, 5.41) is 9.44. The topological polar surface area (TPSA) is 82.1 Å². The van der Waals surface area contributed by atoms with Crippen LogP contribution in [0.1, 0.15) is 100 Å². The van der Waals surface area contributed by atoms with E-state index in [0.29, 0.717) is 35.0 Å². The maximum absolute atomic E-state index is 13.6. The van der Waals surface area contributed by atoms with Gasteiger partial charge in [-0.05, 0) is 112 Å². The maximum Gasteiger partial charge on any atom is 0.138 e. The lowest BCUT2D eigenvalue weighted by Crippen LogP contribution is -2.40. The summed E-state index contributed by atoms with van der Waals surface area (Å²) < 4.78 is 54.3. The molecular weight excluding hydrogens is 876 g/mol. The zero-order chi connectivity index (χ0) is 42.5. The van der Waals surface area contributed by atoms with Gasteiger partial charge in [0.2, 0.25) is 0 Å². The third-order valence-corrected chi connectivity index (χ3v) is 13.7. The molecule has 0 amide bonds. The molecule has 2 saturated heterocycles. The zero-order valence-corrected chi connectivity index (χ0v) is 39.4. The maximum atomic E-state index is 13.6. The van der Waals surface area contributed by atoms with Crippen molar-refractivity contribution >= 4 is 79.6 Å². The Morgan fingerprint density at radius 1 is 0.532 bits per heavy atom. The first-order valence-electron chi connectivity index (χ1n) is 21.2. The van der Waals surface area contributed by atoms with Crippen molar-refractivity contribution in [2.45, 2.75) is 104 Å². The van der Waals surface area contributed by atoms with Crippen molar-refractivity contribution in [1.82, 2.24) is 29.7 Å². The molecule has 0 bridgehead atoms. The van der Waals surface area contributed by atoms with Gasteiger partial charge in [-0.1, -0.05) is 27.7 Å². The molecule has 2 aromatic carbocycles. The largest absolute Gasteiger partial charge is 0.367 e. The van der Waals surface area contributed by atoms with E-state index in [2.05, 4.69) is 80.2 Å². The summed E-state index contributed by atoms with van der Waals surface area (Å²) >= 11 is 3.49. The number of hydrogen-bond acceptors (Lipinski definition) is 10. The van der Waals surface area contributed by atoms with Crippen molar-refractivity contribution in [2.24, 2.45) is 11.8 Å². The third-order valence-electron chi connectivity index (χ3n) is 11.6. The highest BCUT2D eigenvalue weighted by Gasteiger charge is 2.27. The first-order valence-corrected chi connectivity index (χ1v) is 22.8. The summed E-state index contributed by atoms with van der Waals surface area (Å²) in [6.07, 6.45) is 9.20. The van der Waals surface area contributed by atoms with Crippen molar-refractivity contribution < 1.29 is 17.6 Å². The molecule has 8 nitrogen and oxygen atoms in total.